The molecule has 1 N–H and O–H groups in total. The van der Waals surface area contributed by atoms with Crippen molar-refractivity contribution in [3.8, 4) is 5.75 Å². The zero-order chi connectivity index (χ0) is 15.2. The molecular weight excluding hydrogens is 298 g/mol. The summed E-state index contributed by atoms with van der Waals surface area (Å²) in [6, 6.07) is 21.2. The van der Waals surface area contributed by atoms with Crippen LogP contribution in [0.1, 0.15) is 5.56 Å². The van der Waals surface area contributed by atoms with E-state index in [2.05, 4.69) is 15.5 Å². The first-order chi connectivity index (χ1) is 10.8. The van der Waals surface area contributed by atoms with Crippen molar-refractivity contribution in [1.29, 1.82) is 0 Å². The van der Waals surface area contributed by atoms with E-state index in [0.717, 1.165) is 17.0 Å². The average molecular weight is 312 g/mol. The molecule has 1 heterocycles. The van der Waals surface area contributed by atoms with Crippen LogP contribution in [0.2, 0.25) is 5.15 Å². The number of benzene rings is 2. The molecule has 0 aliphatic heterocycles. The van der Waals surface area contributed by atoms with Gasteiger partial charge in [0.25, 0.3) is 0 Å². The highest BCUT2D eigenvalue weighted by molar-refractivity contribution is 6.29. The summed E-state index contributed by atoms with van der Waals surface area (Å²) in [6.45, 7) is 0.552. The van der Waals surface area contributed by atoms with E-state index in [0.29, 0.717) is 17.6 Å². The highest BCUT2D eigenvalue weighted by Crippen LogP contribution is 2.20. The molecule has 0 fully saturated rings. The van der Waals surface area contributed by atoms with Crippen molar-refractivity contribution >= 4 is 23.1 Å². The van der Waals surface area contributed by atoms with E-state index >= 15 is 0 Å². The van der Waals surface area contributed by atoms with E-state index in [1.165, 1.54) is 0 Å². The van der Waals surface area contributed by atoms with Crippen LogP contribution in [-0.4, -0.2) is 10.2 Å². The first kappa shape index (κ1) is 14.4. The Morgan fingerprint density at radius 2 is 1.64 bits per heavy atom. The standard InChI is InChI=1S/C17H14ClN3O/c18-16-10-11-17(21-20-16)19-14-6-8-15(9-7-14)22-12-13-4-2-1-3-5-13/h1-11H,12H2,(H,19,21). The van der Waals surface area contributed by atoms with Gasteiger partial charge in [-0.3, -0.25) is 0 Å². The minimum Gasteiger partial charge on any atom is -0.489 e. The SMILES string of the molecule is Clc1ccc(Nc2ccc(OCc3ccccc3)cc2)nn1. The molecule has 0 saturated carbocycles. The number of hydrogen-bond donors (Lipinski definition) is 1. The topological polar surface area (TPSA) is 47.0 Å². The number of aromatic nitrogens is 2. The third-order valence-corrected chi connectivity index (χ3v) is 3.21. The third-order valence-electron chi connectivity index (χ3n) is 3.01. The molecule has 110 valence electrons. The Morgan fingerprint density at radius 3 is 2.32 bits per heavy atom. The van der Waals surface area contributed by atoms with Gasteiger partial charge in [-0.25, -0.2) is 0 Å². The van der Waals surface area contributed by atoms with Crippen molar-refractivity contribution in [2.24, 2.45) is 0 Å². The van der Waals surface area contributed by atoms with Gasteiger partial charge in [0, 0.05) is 5.69 Å². The first-order valence-corrected chi connectivity index (χ1v) is 7.20. The van der Waals surface area contributed by atoms with Crippen molar-refractivity contribution in [2.45, 2.75) is 6.61 Å². The van der Waals surface area contributed by atoms with Gasteiger partial charge >= 0.3 is 0 Å². The molecule has 22 heavy (non-hydrogen) atoms. The van der Waals surface area contributed by atoms with Gasteiger partial charge in [0.15, 0.2) is 11.0 Å². The molecule has 3 aromatic rings. The molecule has 5 heteroatoms. The normalized spacial score (nSPS) is 10.2. The van der Waals surface area contributed by atoms with Crippen molar-refractivity contribution in [3.63, 3.8) is 0 Å². The molecule has 2 aromatic carbocycles. The lowest BCUT2D eigenvalue weighted by molar-refractivity contribution is 0.306. The summed E-state index contributed by atoms with van der Waals surface area (Å²) in [5, 5.41) is 11.2. The fourth-order valence-corrected chi connectivity index (χ4v) is 2.01. The van der Waals surface area contributed by atoms with Gasteiger partial charge in [-0.1, -0.05) is 41.9 Å². The first-order valence-electron chi connectivity index (χ1n) is 6.83. The molecule has 0 amide bonds. The van der Waals surface area contributed by atoms with Crippen molar-refractivity contribution in [2.75, 3.05) is 5.32 Å². The summed E-state index contributed by atoms with van der Waals surface area (Å²) in [5.74, 6) is 1.46. The van der Waals surface area contributed by atoms with Crippen LogP contribution in [0.25, 0.3) is 0 Å². The van der Waals surface area contributed by atoms with E-state index in [4.69, 9.17) is 16.3 Å². The van der Waals surface area contributed by atoms with Crippen LogP contribution in [-0.2, 0) is 6.61 Å². The number of anilines is 2. The molecule has 4 nitrogen and oxygen atoms in total. The molecule has 0 radical (unpaired) electrons. The lowest BCUT2D eigenvalue weighted by Gasteiger charge is -2.08. The Hall–Kier alpha value is -2.59. The molecule has 0 unspecified atom stereocenters. The number of halogens is 1. The maximum atomic E-state index is 5.74. The second-order valence-corrected chi connectivity index (χ2v) is 5.05. The molecule has 3 rings (SSSR count). The highest BCUT2D eigenvalue weighted by Gasteiger charge is 1.99. The average Bonchev–Trinajstić information content (AvgIpc) is 2.57. The molecule has 0 bridgehead atoms. The molecule has 0 atom stereocenters. The summed E-state index contributed by atoms with van der Waals surface area (Å²) in [6.07, 6.45) is 0. The number of nitrogens with zero attached hydrogens (tertiary/aromatic N) is 2. The Kier molecular flexibility index (Phi) is 4.51. The minimum atomic E-state index is 0.371. The molecule has 0 aliphatic carbocycles. The second kappa shape index (κ2) is 6.91. The van der Waals surface area contributed by atoms with Crippen LogP contribution in [0.5, 0.6) is 5.75 Å². The van der Waals surface area contributed by atoms with Crippen LogP contribution >= 0.6 is 11.6 Å². The summed E-state index contributed by atoms with van der Waals surface area (Å²) in [4.78, 5) is 0. The van der Waals surface area contributed by atoms with Gasteiger partial charge in [0.05, 0.1) is 0 Å². The van der Waals surface area contributed by atoms with Crippen LogP contribution < -0.4 is 10.1 Å². The van der Waals surface area contributed by atoms with Gasteiger partial charge in [-0.15, -0.1) is 10.2 Å². The van der Waals surface area contributed by atoms with Gasteiger partial charge < -0.3 is 10.1 Å². The number of ether oxygens (including phenoxy) is 1. The lowest BCUT2D eigenvalue weighted by Crippen LogP contribution is -1.97. The monoisotopic (exact) mass is 311 g/mol. The van der Waals surface area contributed by atoms with Crippen molar-refractivity contribution in [3.05, 3.63) is 77.4 Å². The van der Waals surface area contributed by atoms with Gasteiger partial charge in [-0.2, -0.15) is 0 Å². The van der Waals surface area contributed by atoms with Gasteiger partial charge in [0.1, 0.15) is 12.4 Å². The Bertz CT molecular complexity index is 715. The summed E-state index contributed by atoms with van der Waals surface area (Å²) in [5.41, 5.74) is 2.05. The maximum absolute atomic E-state index is 5.74. The third kappa shape index (κ3) is 3.96. The minimum absolute atomic E-state index is 0.371. The largest absolute Gasteiger partial charge is 0.489 e. The zero-order valence-corrected chi connectivity index (χ0v) is 12.5. The summed E-state index contributed by atoms with van der Waals surface area (Å²) < 4.78 is 5.74. The van der Waals surface area contributed by atoms with E-state index in [9.17, 15) is 0 Å². The van der Waals surface area contributed by atoms with E-state index in [1.54, 1.807) is 12.1 Å². The van der Waals surface area contributed by atoms with Gasteiger partial charge in [0.2, 0.25) is 0 Å². The quantitative estimate of drug-likeness (QED) is 0.756. The van der Waals surface area contributed by atoms with Gasteiger partial charge in [-0.05, 0) is 42.0 Å². The van der Waals surface area contributed by atoms with Crippen LogP contribution in [0.3, 0.4) is 0 Å². The van der Waals surface area contributed by atoms with Crippen LogP contribution in [0, 0.1) is 0 Å². The maximum Gasteiger partial charge on any atom is 0.153 e. The Labute approximate surface area is 133 Å². The number of rotatable bonds is 5. The number of hydrogen-bond acceptors (Lipinski definition) is 4. The molecule has 0 saturated heterocycles. The zero-order valence-electron chi connectivity index (χ0n) is 11.7. The fraction of sp³-hybridized carbons (Fsp3) is 0.0588. The lowest BCUT2D eigenvalue weighted by atomic mass is 10.2. The second-order valence-electron chi connectivity index (χ2n) is 4.66. The fourth-order valence-electron chi connectivity index (χ4n) is 1.91. The molecular formula is C17H14ClN3O. The Morgan fingerprint density at radius 1 is 0.864 bits per heavy atom. The highest BCUT2D eigenvalue weighted by atomic mass is 35.5. The molecule has 1 aromatic heterocycles. The van der Waals surface area contributed by atoms with Crippen molar-refractivity contribution in [1.82, 2.24) is 10.2 Å². The van der Waals surface area contributed by atoms with E-state index in [-0.39, 0.29) is 0 Å². The predicted molar refractivity (Wildman–Crippen MR) is 87.5 cm³/mol. The van der Waals surface area contributed by atoms with E-state index < -0.39 is 0 Å². The number of nitrogens with one attached hydrogen (secondary N) is 1. The van der Waals surface area contributed by atoms with E-state index in [1.807, 2.05) is 54.6 Å². The van der Waals surface area contributed by atoms with Crippen LogP contribution in [0.4, 0.5) is 11.5 Å². The van der Waals surface area contributed by atoms with Crippen LogP contribution in [0.15, 0.2) is 66.7 Å². The Balaban J connectivity index is 1.59. The smallest absolute Gasteiger partial charge is 0.153 e. The molecule has 0 aliphatic rings. The summed E-state index contributed by atoms with van der Waals surface area (Å²) >= 11 is 5.70. The van der Waals surface area contributed by atoms with Crippen molar-refractivity contribution < 1.29 is 4.74 Å². The predicted octanol–water partition coefficient (Wildman–Crippen LogP) is 4.45. The summed E-state index contributed by atoms with van der Waals surface area (Å²) in [7, 11) is 0. The molecule has 0 spiro atoms.